The minimum absolute atomic E-state index is 0.116. The van der Waals surface area contributed by atoms with Crippen LogP contribution < -0.4 is 0 Å². The van der Waals surface area contributed by atoms with Crippen molar-refractivity contribution in [1.29, 1.82) is 0 Å². The Morgan fingerprint density at radius 1 is 0.338 bits per heavy atom. The van der Waals surface area contributed by atoms with E-state index in [1.807, 2.05) is 6.07 Å². The highest BCUT2D eigenvalue weighted by atomic mass is 79.9. The summed E-state index contributed by atoms with van der Waals surface area (Å²) in [5.74, 6) is 0.141. The molecule has 382 valence electrons. The highest BCUT2D eigenvalue weighted by Gasteiger charge is 2.28. The van der Waals surface area contributed by atoms with E-state index in [1.54, 1.807) is 0 Å². The molecule has 3 aromatic heterocycles. The van der Waals surface area contributed by atoms with E-state index in [4.69, 9.17) is 9.97 Å². The zero-order valence-corrected chi connectivity index (χ0v) is 48.9. The predicted molar refractivity (Wildman–Crippen MR) is 322 cm³/mol. The lowest BCUT2D eigenvalue weighted by Crippen LogP contribution is -2.16. The third kappa shape index (κ3) is 10.4. The third-order valence-electron chi connectivity index (χ3n) is 14.8. The highest BCUT2D eigenvalue weighted by molar-refractivity contribution is 9.10. The highest BCUT2D eigenvalue weighted by Crippen LogP contribution is 2.45. The molecule has 0 fully saturated rings. The first-order valence-corrected chi connectivity index (χ1v) is 27.2. The smallest absolute Gasteiger partial charge is 0.141 e. The van der Waals surface area contributed by atoms with Gasteiger partial charge in [-0.3, -0.25) is 0 Å². The van der Waals surface area contributed by atoms with Crippen LogP contribution in [0, 0.1) is 0 Å². The number of halogens is 1. The summed E-state index contributed by atoms with van der Waals surface area (Å²) >= 11 is 3.72. The van der Waals surface area contributed by atoms with Crippen LogP contribution in [0.25, 0.3) is 90.9 Å². The van der Waals surface area contributed by atoms with Crippen molar-refractivity contribution in [2.75, 3.05) is 0 Å². The van der Waals surface area contributed by atoms with Gasteiger partial charge in [-0.1, -0.05) is 207 Å². The van der Waals surface area contributed by atoms with Crippen LogP contribution in [-0.2, 0) is 32.5 Å². The number of H-pyrrole nitrogens is 2. The van der Waals surface area contributed by atoms with Crippen molar-refractivity contribution in [3.63, 3.8) is 0 Å². The van der Waals surface area contributed by atoms with E-state index in [0.29, 0.717) is 5.52 Å². The number of fused-ring (bicyclic) bond motifs is 8. The molecule has 0 atom stereocenters. The molecule has 0 saturated carbocycles. The number of rotatable bonds is 4. The summed E-state index contributed by atoms with van der Waals surface area (Å²) in [6, 6.07) is 35.9. The van der Waals surface area contributed by atoms with Gasteiger partial charge in [0.15, 0.2) is 0 Å². The van der Waals surface area contributed by atoms with E-state index < -0.39 is 0 Å². The van der Waals surface area contributed by atoms with E-state index in [9.17, 15) is 5.11 Å². The van der Waals surface area contributed by atoms with E-state index in [1.165, 1.54) is 33.4 Å². The number of aromatic hydroxyl groups is 1. The molecule has 8 bridgehead atoms. The molecular formula is C68H77BrN4O. The van der Waals surface area contributed by atoms with Crippen molar-refractivity contribution in [2.24, 2.45) is 0 Å². The maximum atomic E-state index is 12.8. The molecule has 2 aliphatic rings. The zero-order valence-electron chi connectivity index (χ0n) is 47.3. The Morgan fingerprint density at radius 3 is 0.973 bits per heavy atom. The van der Waals surface area contributed by atoms with Crippen LogP contribution in [0.1, 0.15) is 181 Å². The molecule has 6 heteroatoms. The van der Waals surface area contributed by atoms with Crippen LogP contribution in [0.3, 0.4) is 0 Å². The maximum Gasteiger partial charge on any atom is 0.141 e. The lowest BCUT2D eigenvalue weighted by Gasteiger charge is -2.26. The fraction of sp³-hybridized carbons (Fsp3) is 0.353. The molecule has 4 aromatic carbocycles. The van der Waals surface area contributed by atoms with E-state index in [-0.39, 0.29) is 38.2 Å². The van der Waals surface area contributed by atoms with Crippen LogP contribution in [-0.4, -0.2) is 25.0 Å². The third-order valence-corrected chi connectivity index (χ3v) is 15.4. The second-order valence-electron chi connectivity index (χ2n) is 27.1. The van der Waals surface area contributed by atoms with Crippen LogP contribution in [0.15, 0.2) is 102 Å². The Kier molecular flexibility index (Phi) is 13.0. The molecule has 0 radical (unpaired) electrons. The summed E-state index contributed by atoms with van der Waals surface area (Å²) in [5.41, 5.74) is 20.9. The number of aromatic amines is 2. The fourth-order valence-electron chi connectivity index (χ4n) is 10.0. The number of benzene rings is 4. The second-order valence-corrected chi connectivity index (χ2v) is 28.0. The van der Waals surface area contributed by atoms with Crippen molar-refractivity contribution < 1.29 is 5.11 Å². The van der Waals surface area contributed by atoms with Gasteiger partial charge in [0, 0.05) is 43.8 Å². The number of hydrogen-bond donors (Lipinski definition) is 3. The number of nitrogens with one attached hydrogen (secondary N) is 2. The summed E-state index contributed by atoms with van der Waals surface area (Å²) < 4.78 is 1.00. The Bertz CT molecular complexity index is 3510. The van der Waals surface area contributed by atoms with Gasteiger partial charge in [0.2, 0.25) is 0 Å². The van der Waals surface area contributed by atoms with Gasteiger partial charge in [0.1, 0.15) is 5.75 Å². The molecule has 0 amide bonds. The monoisotopic (exact) mass is 1040 g/mol. The summed E-state index contributed by atoms with van der Waals surface area (Å²) in [6.07, 6.45) is 8.60. The molecule has 0 saturated heterocycles. The number of aromatic nitrogens is 4. The van der Waals surface area contributed by atoms with E-state index in [0.717, 1.165) is 88.3 Å². The molecule has 5 heterocycles. The lowest BCUT2D eigenvalue weighted by molar-refractivity contribution is 0.482. The molecule has 0 spiro atoms. The predicted octanol–water partition coefficient (Wildman–Crippen LogP) is 19.6. The van der Waals surface area contributed by atoms with Crippen LogP contribution in [0.5, 0.6) is 5.75 Å². The average molecular weight is 1050 g/mol. The van der Waals surface area contributed by atoms with Crippen LogP contribution >= 0.6 is 15.9 Å². The number of nitrogens with zero attached hydrogens (tertiary/aromatic N) is 2. The van der Waals surface area contributed by atoms with Crippen molar-refractivity contribution in [3.05, 3.63) is 158 Å². The standard InChI is InChI=1S/C68H77BrN4O/c1-63(2,3)43-29-40(30-44(35-43)64(4,5)6)59-52-25-23-50(70-52)58(39-19-21-49(69)22-20-39)51-24-26-54(71-51)60(41-31-45(65(7,8)9)36-46(32-41)66(10,11)12)56-38-57(74)62(73-56)61(55-28-27-53(59)72-55)42-33-47(67(13,14)15)37-48(34-42)68(16,17)18/h19-38,70,73-74H,1-18H3. The SMILES string of the molecule is CC(C)(C)c1cc(-c2c3nc(c(-c4cc(C(C)(C)C)cc(C(C)(C)C)c4)c4[nH]c(cc4O)c(-c4cc(C(C)(C)C)cc(C(C)(C)C)c4)c4nc(c(-c5ccc(Br)cc5)c5ccc2[nH]5)C=C4)C=C3)cc(C(C)(C)C)c1. The van der Waals surface area contributed by atoms with Gasteiger partial charge in [-0.2, -0.15) is 0 Å². The van der Waals surface area contributed by atoms with E-state index in [2.05, 4.69) is 266 Å². The van der Waals surface area contributed by atoms with Gasteiger partial charge in [0.25, 0.3) is 0 Å². The molecule has 0 aliphatic carbocycles. The number of hydrogen-bond acceptors (Lipinski definition) is 3. The topological polar surface area (TPSA) is 77.6 Å². The molecular weight excluding hydrogens is 969 g/mol. The van der Waals surface area contributed by atoms with Crippen LogP contribution in [0.4, 0.5) is 0 Å². The second kappa shape index (κ2) is 18.3. The lowest BCUT2D eigenvalue weighted by atomic mass is 9.78. The first-order chi connectivity index (χ1) is 34.2. The van der Waals surface area contributed by atoms with Crippen molar-refractivity contribution in [2.45, 2.75) is 157 Å². The summed E-state index contributed by atoms with van der Waals surface area (Å²) in [6.45, 7) is 41.0. The largest absolute Gasteiger partial charge is 0.506 e. The van der Waals surface area contributed by atoms with Gasteiger partial charge >= 0.3 is 0 Å². The van der Waals surface area contributed by atoms with Gasteiger partial charge < -0.3 is 15.1 Å². The molecule has 0 unspecified atom stereocenters. The van der Waals surface area contributed by atoms with E-state index >= 15 is 0 Å². The summed E-state index contributed by atoms with van der Waals surface area (Å²) in [5, 5.41) is 12.8. The Balaban J connectivity index is 1.55. The Morgan fingerprint density at radius 2 is 0.635 bits per heavy atom. The summed E-state index contributed by atoms with van der Waals surface area (Å²) in [7, 11) is 0. The molecule has 2 aliphatic heterocycles. The van der Waals surface area contributed by atoms with Gasteiger partial charge in [-0.05, 0) is 137 Å². The molecule has 5 nitrogen and oxygen atoms in total. The van der Waals surface area contributed by atoms with Crippen molar-refractivity contribution >= 4 is 62.3 Å². The minimum Gasteiger partial charge on any atom is -0.506 e. The zero-order chi connectivity index (χ0) is 53.8. The molecule has 3 N–H and O–H groups in total. The maximum absolute atomic E-state index is 12.8. The van der Waals surface area contributed by atoms with Gasteiger partial charge in [0.05, 0.1) is 33.8 Å². The normalized spacial score (nSPS) is 13.6. The first-order valence-electron chi connectivity index (χ1n) is 26.4. The average Bonchev–Trinajstić information content (AvgIpc) is 4.13. The molecule has 7 aromatic rings. The first kappa shape index (κ1) is 52.6. The van der Waals surface area contributed by atoms with Crippen molar-refractivity contribution in [1.82, 2.24) is 19.9 Å². The quantitative estimate of drug-likeness (QED) is 0.164. The summed E-state index contributed by atoms with van der Waals surface area (Å²) in [4.78, 5) is 19.3. The molecule has 74 heavy (non-hydrogen) atoms. The minimum atomic E-state index is -0.158. The Labute approximate surface area is 449 Å². The van der Waals surface area contributed by atoms with Gasteiger partial charge in [-0.15, -0.1) is 0 Å². The Hall–Kier alpha value is -6.24. The van der Waals surface area contributed by atoms with Crippen LogP contribution in [0.2, 0.25) is 0 Å². The molecule has 9 rings (SSSR count). The van der Waals surface area contributed by atoms with Crippen molar-refractivity contribution in [3.8, 4) is 50.3 Å². The fourth-order valence-corrected chi connectivity index (χ4v) is 10.3. The van der Waals surface area contributed by atoms with Gasteiger partial charge in [-0.25, -0.2) is 9.97 Å².